The highest BCUT2D eigenvalue weighted by molar-refractivity contribution is 5.66. The van der Waals surface area contributed by atoms with Gasteiger partial charge in [0.25, 0.3) is 0 Å². The van der Waals surface area contributed by atoms with E-state index in [0.717, 1.165) is 29.9 Å². The molecule has 0 unspecified atom stereocenters. The van der Waals surface area contributed by atoms with Crippen LogP contribution >= 0.6 is 0 Å². The molecule has 0 atom stereocenters. The molecule has 0 radical (unpaired) electrons. The number of nitrogens with zero attached hydrogens (tertiary/aromatic N) is 2. The Morgan fingerprint density at radius 1 is 0.885 bits per heavy atom. The smallest absolute Gasteiger partial charge is 0.229 e. The molecule has 1 saturated carbocycles. The molecule has 1 aliphatic rings. The van der Waals surface area contributed by atoms with Crippen LogP contribution in [0.1, 0.15) is 25.7 Å². The molecule has 0 saturated heterocycles. The largest absolute Gasteiger partial charge is 0.367 e. The van der Waals surface area contributed by atoms with E-state index in [-0.39, 0.29) is 5.82 Å². The third-order valence-electron chi connectivity index (χ3n) is 4.62. The van der Waals surface area contributed by atoms with Gasteiger partial charge in [0, 0.05) is 17.7 Å². The van der Waals surface area contributed by atoms with E-state index < -0.39 is 0 Å². The van der Waals surface area contributed by atoms with Crippen LogP contribution in [0.4, 0.5) is 21.8 Å². The van der Waals surface area contributed by atoms with Crippen molar-refractivity contribution >= 4 is 17.5 Å². The second-order valence-electron chi connectivity index (χ2n) is 6.56. The predicted molar refractivity (Wildman–Crippen MR) is 103 cm³/mol. The highest BCUT2D eigenvalue weighted by Gasteiger charge is 2.16. The fourth-order valence-corrected chi connectivity index (χ4v) is 3.30. The standard InChI is InChI=1S/C21H21FN4/c22-17-12-6-7-13-18(17)24-21-25-19(15-8-2-1-3-9-15)14-20(26-21)23-16-10-4-5-11-16/h1-3,6-9,12-14,16H,4-5,10-11H2,(H2,23,24,25,26). The first-order valence-electron chi connectivity index (χ1n) is 9.00. The summed E-state index contributed by atoms with van der Waals surface area (Å²) in [5.41, 5.74) is 2.17. The molecule has 2 N–H and O–H groups in total. The van der Waals surface area contributed by atoms with Crippen molar-refractivity contribution in [1.82, 2.24) is 9.97 Å². The summed E-state index contributed by atoms with van der Waals surface area (Å²) in [5.74, 6) is 0.827. The van der Waals surface area contributed by atoms with Crippen LogP contribution < -0.4 is 10.6 Å². The van der Waals surface area contributed by atoms with Gasteiger partial charge in [-0.05, 0) is 25.0 Å². The van der Waals surface area contributed by atoms with Gasteiger partial charge in [-0.2, -0.15) is 4.98 Å². The van der Waals surface area contributed by atoms with Gasteiger partial charge in [0.15, 0.2) is 0 Å². The average Bonchev–Trinajstić information content (AvgIpc) is 3.17. The summed E-state index contributed by atoms with van der Waals surface area (Å²) in [4.78, 5) is 9.14. The minimum Gasteiger partial charge on any atom is -0.367 e. The Morgan fingerprint density at radius 3 is 2.38 bits per heavy atom. The fourth-order valence-electron chi connectivity index (χ4n) is 3.30. The molecule has 2 aromatic carbocycles. The normalized spacial score (nSPS) is 14.3. The number of hydrogen-bond donors (Lipinski definition) is 2. The van der Waals surface area contributed by atoms with Crippen LogP contribution in [-0.2, 0) is 0 Å². The monoisotopic (exact) mass is 348 g/mol. The minimum absolute atomic E-state index is 0.327. The first-order valence-corrected chi connectivity index (χ1v) is 9.00. The van der Waals surface area contributed by atoms with Crippen LogP contribution in [0.5, 0.6) is 0 Å². The molecule has 1 fully saturated rings. The molecule has 0 spiro atoms. The summed E-state index contributed by atoms with van der Waals surface area (Å²) >= 11 is 0. The average molecular weight is 348 g/mol. The number of halogens is 1. The summed E-state index contributed by atoms with van der Waals surface area (Å²) in [5, 5.41) is 6.52. The Labute approximate surface area is 152 Å². The van der Waals surface area contributed by atoms with Gasteiger partial charge in [0.1, 0.15) is 11.6 Å². The summed E-state index contributed by atoms with van der Waals surface area (Å²) in [6, 6.07) is 18.9. The Kier molecular flexibility index (Phi) is 4.78. The van der Waals surface area contributed by atoms with Gasteiger partial charge in [0.2, 0.25) is 5.95 Å². The molecular formula is C21H21FN4. The van der Waals surface area contributed by atoms with Crippen molar-refractivity contribution in [2.24, 2.45) is 0 Å². The molecule has 26 heavy (non-hydrogen) atoms. The van der Waals surface area contributed by atoms with Gasteiger partial charge >= 0.3 is 0 Å². The lowest BCUT2D eigenvalue weighted by Gasteiger charge is -2.15. The van der Waals surface area contributed by atoms with Crippen molar-refractivity contribution in [1.29, 1.82) is 0 Å². The van der Waals surface area contributed by atoms with Crippen LogP contribution in [0.2, 0.25) is 0 Å². The number of rotatable bonds is 5. The molecule has 4 rings (SSSR count). The molecule has 0 aliphatic heterocycles. The van der Waals surface area contributed by atoms with Crippen LogP contribution in [0.25, 0.3) is 11.3 Å². The van der Waals surface area contributed by atoms with E-state index in [1.54, 1.807) is 18.2 Å². The highest BCUT2D eigenvalue weighted by Crippen LogP contribution is 2.26. The third kappa shape index (κ3) is 3.82. The second-order valence-corrected chi connectivity index (χ2v) is 6.56. The van der Waals surface area contributed by atoms with Crippen LogP contribution in [0, 0.1) is 5.82 Å². The number of aromatic nitrogens is 2. The van der Waals surface area contributed by atoms with Crippen molar-refractivity contribution in [2.45, 2.75) is 31.7 Å². The van der Waals surface area contributed by atoms with Gasteiger partial charge in [-0.15, -0.1) is 0 Å². The SMILES string of the molecule is Fc1ccccc1Nc1nc(NC2CCCC2)cc(-c2ccccc2)n1. The zero-order chi connectivity index (χ0) is 17.8. The van der Waals surface area contributed by atoms with E-state index in [1.165, 1.54) is 18.9 Å². The van der Waals surface area contributed by atoms with E-state index in [9.17, 15) is 4.39 Å². The quantitative estimate of drug-likeness (QED) is 0.650. The highest BCUT2D eigenvalue weighted by atomic mass is 19.1. The molecule has 1 aliphatic carbocycles. The van der Waals surface area contributed by atoms with E-state index in [4.69, 9.17) is 0 Å². The zero-order valence-corrected chi connectivity index (χ0v) is 14.5. The minimum atomic E-state index is -0.327. The van der Waals surface area contributed by atoms with Crippen molar-refractivity contribution < 1.29 is 4.39 Å². The lowest BCUT2D eigenvalue weighted by atomic mass is 10.1. The maximum atomic E-state index is 14.0. The molecule has 4 nitrogen and oxygen atoms in total. The van der Waals surface area contributed by atoms with Crippen LogP contribution in [0.3, 0.4) is 0 Å². The summed E-state index contributed by atoms with van der Waals surface area (Å²) < 4.78 is 14.0. The zero-order valence-electron chi connectivity index (χ0n) is 14.5. The Bertz CT molecular complexity index is 876. The van der Waals surface area contributed by atoms with E-state index in [1.807, 2.05) is 36.4 Å². The Morgan fingerprint density at radius 2 is 1.62 bits per heavy atom. The fraction of sp³-hybridized carbons (Fsp3) is 0.238. The van der Waals surface area contributed by atoms with Gasteiger partial charge < -0.3 is 10.6 Å². The molecule has 132 valence electrons. The topological polar surface area (TPSA) is 49.8 Å². The summed E-state index contributed by atoms with van der Waals surface area (Å²) in [6.45, 7) is 0. The van der Waals surface area contributed by atoms with Gasteiger partial charge in [-0.1, -0.05) is 55.3 Å². The van der Waals surface area contributed by atoms with Crippen molar-refractivity contribution in [3.8, 4) is 11.3 Å². The maximum Gasteiger partial charge on any atom is 0.229 e. The van der Waals surface area contributed by atoms with Gasteiger partial charge in [-0.3, -0.25) is 0 Å². The van der Waals surface area contributed by atoms with Gasteiger partial charge in [0.05, 0.1) is 11.4 Å². The van der Waals surface area contributed by atoms with Crippen molar-refractivity contribution in [2.75, 3.05) is 10.6 Å². The summed E-state index contributed by atoms with van der Waals surface area (Å²) in [6.07, 6.45) is 4.80. The maximum absolute atomic E-state index is 14.0. The number of para-hydroxylation sites is 1. The Hall–Kier alpha value is -2.95. The van der Waals surface area contributed by atoms with Crippen molar-refractivity contribution in [3.63, 3.8) is 0 Å². The second kappa shape index (κ2) is 7.52. The van der Waals surface area contributed by atoms with E-state index in [0.29, 0.717) is 17.7 Å². The van der Waals surface area contributed by atoms with E-state index >= 15 is 0 Å². The van der Waals surface area contributed by atoms with Crippen LogP contribution in [0.15, 0.2) is 60.7 Å². The Balaban J connectivity index is 1.68. The third-order valence-corrected chi connectivity index (χ3v) is 4.62. The number of benzene rings is 2. The molecule has 1 heterocycles. The molecule has 0 bridgehead atoms. The lowest BCUT2D eigenvalue weighted by Crippen LogP contribution is -2.16. The number of nitrogens with one attached hydrogen (secondary N) is 2. The summed E-state index contributed by atoms with van der Waals surface area (Å²) in [7, 11) is 0. The van der Waals surface area contributed by atoms with E-state index in [2.05, 4.69) is 20.6 Å². The molecular weight excluding hydrogens is 327 g/mol. The predicted octanol–water partition coefficient (Wildman–Crippen LogP) is 5.38. The van der Waals surface area contributed by atoms with Crippen LogP contribution in [-0.4, -0.2) is 16.0 Å². The molecule has 5 heteroatoms. The molecule has 1 aromatic heterocycles. The number of hydrogen-bond acceptors (Lipinski definition) is 4. The number of anilines is 3. The van der Waals surface area contributed by atoms with Gasteiger partial charge in [-0.25, -0.2) is 9.37 Å². The first kappa shape index (κ1) is 16.5. The lowest BCUT2D eigenvalue weighted by molar-refractivity contribution is 0.631. The first-order chi connectivity index (χ1) is 12.8. The molecule has 3 aromatic rings. The van der Waals surface area contributed by atoms with Crippen molar-refractivity contribution in [3.05, 3.63) is 66.5 Å². The molecule has 0 amide bonds.